The van der Waals surface area contributed by atoms with Crippen molar-refractivity contribution in [2.75, 3.05) is 19.7 Å². The highest BCUT2D eigenvalue weighted by molar-refractivity contribution is 5.97. The Morgan fingerprint density at radius 3 is 2.85 bits per heavy atom. The van der Waals surface area contributed by atoms with Gasteiger partial charge < -0.3 is 9.64 Å². The minimum Gasteiger partial charge on any atom is -0.493 e. The number of H-pyrrole nitrogens is 1. The van der Waals surface area contributed by atoms with Crippen LogP contribution in [0.2, 0.25) is 0 Å². The molecule has 26 heavy (non-hydrogen) atoms. The standard InChI is InChI=1S/C19H19FN4O2/c20-15-4-6-16(7-5-15)26-12-13-2-1-9-24(11-13)19(25)14-3-8-17-18(10-14)22-23-21-17/h3-8,10,13H,1-2,9,11-12H2,(H,21,22,23)/t13-/m0/s1. The number of aromatic nitrogens is 3. The summed E-state index contributed by atoms with van der Waals surface area (Å²) in [7, 11) is 0. The van der Waals surface area contributed by atoms with Crippen molar-refractivity contribution >= 4 is 16.9 Å². The number of rotatable bonds is 4. The number of nitrogens with one attached hydrogen (secondary N) is 1. The lowest BCUT2D eigenvalue weighted by Gasteiger charge is -2.32. The monoisotopic (exact) mass is 354 g/mol. The summed E-state index contributed by atoms with van der Waals surface area (Å²) in [5.74, 6) is 0.622. The number of fused-ring (bicyclic) bond motifs is 1. The first kappa shape index (κ1) is 16.5. The van der Waals surface area contributed by atoms with Gasteiger partial charge in [-0.1, -0.05) is 0 Å². The molecule has 0 spiro atoms. The Balaban J connectivity index is 1.39. The SMILES string of the molecule is O=C(c1ccc2n[nH]nc2c1)N1CCC[C@H](COc2ccc(F)cc2)C1. The molecule has 1 N–H and O–H groups in total. The van der Waals surface area contributed by atoms with Crippen LogP contribution in [-0.2, 0) is 0 Å². The first-order valence-electron chi connectivity index (χ1n) is 8.67. The largest absolute Gasteiger partial charge is 0.493 e. The zero-order chi connectivity index (χ0) is 17.9. The van der Waals surface area contributed by atoms with E-state index in [2.05, 4.69) is 15.4 Å². The van der Waals surface area contributed by atoms with Crippen LogP contribution in [0.5, 0.6) is 5.75 Å². The highest BCUT2D eigenvalue weighted by atomic mass is 19.1. The van der Waals surface area contributed by atoms with Crippen molar-refractivity contribution in [2.45, 2.75) is 12.8 Å². The second-order valence-electron chi connectivity index (χ2n) is 6.55. The van der Waals surface area contributed by atoms with E-state index in [9.17, 15) is 9.18 Å². The Morgan fingerprint density at radius 2 is 2.00 bits per heavy atom. The number of hydrogen-bond acceptors (Lipinski definition) is 4. The van der Waals surface area contributed by atoms with Crippen LogP contribution in [0.3, 0.4) is 0 Å². The first-order valence-corrected chi connectivity index (χ1v) is 8.67. The van der Waals surface area contributed by atoms with E-state index in [1.165, 1.54) is 12.1 Å². The molecule has 0 saturated carbocycles. The lowest BCUT2D eigenvalue weighted by molar-refractivity contribution is 0.0633. The molecule has 1 atom stereocenters. The molecule has 2 aromatic carbocycles. The normalized spacial score (nSPS) is 17.4. The number of aromatic amines is 1. The number of ether oxygens (including phenoxy) is 1. The molecule has 7 heteroatoms. The average molecular weight is 354 g/mol. The van der Waals surface area contributed by atoms with Crippen LogP contribution in [0.25, 0.3) is 11.0 Å². The van der Waals surface area contributed by atoms with Crippen molar-refractivity contribution < 1.29 is 13.9 Å². The summed E-state index contributed by atoms with van der Waals surface area (Å²) in [6, 6.07) is 11.3. The van der Waals surface area contributed by atoms with Gasteiger partial charge in [-0.15, -0.1) is 0 Å². The molecule has 2 heterocycles. The topological polar surface area (TPSA) is 71.1 Å². The van der Waals surface area contributed by atoms with E-state index in [1.54, 1.807) is 30.3 Å². The molecule has 0 radical (unpaired) electrons. The molecule has 1 amide bonds. The Bertz CT molecular complexity index is 909. The lowest BCUT2D eigenvalue weighted by atomic mass is 9.98. The van der Waals surface area contributed by atoms with Gasteiger partial charge in [-0.05, 0) is 55.3 Å². The van der Waals surface area contributed by atoms with Crippen molar-refractivity contribution in [3.8, 4) is 5.75 Å². The molecule has 3 aromatic rings. The van der Waals surface area contributed by atoms with Crippen LogP contribution in [-0.4, -0.2) is 45.9 Å². The predicted molar refractivity (Wildman–Crippen MR) is 94.4 cm³/mol. The maximum absolute atomic E-state index is 12.9. The van der Waals surface area contributed by atoms with Gasteiger partial charge in [-0.25, -0.2) is 4.39 Å². The fourth-order valence-electron chi connectivity index (χ4n) is 3.29. The summed E-state index contributed by atoms with van der Waals surface area (Å²) in [5.41, 5.74) is 2.04. The summed E-state index contributed by atoms with van der Waals surface area (Å²) in [5, 5.41) is 10.6. The fraction of sp³-hybridized carbons (Fsp3) is 0.316. The highest BCUT2D eigenvalue weighted by Gasteiger charge is 2.25. The molecule has 4 rings (SSSR count). The fourth-order valence-corrected chi connectivity index (χ4v) is 3.29. The van der Waals surface area contributed by atoms with Gasteiger partial charge in [0.2, 0.25) is 0 Å². The smallest absolute Gasteiger partial charge is 0.253 e. The number of carbonyl (C=O) groups excluding carboxylic acids is 1. The van der Waals surface area contributed by atoms with Crippen molar-refractivity contribution in [3.05, 3.63) is 53.8 Å². The van der Waals surface area contributed by atoms with Gasteiger partial charge in [0.15, 0.2) is 0 Å². The number of nitrogens with zero attached hydrogens (tertiary/aromatic N) is 3. The molecule has 1 aliphatic heterocycles. The Labute approximate surface area is 150 Å². The quantitative estimate of drug-likeness (QED) is 0.782. The number of halogens is 1. The molecule has 0 bridgehead atoms. The molecule has 0 aliphatic carbocycles. The molecule has 6 nitrogen and oxygen atoms in total. The minimum atomic E-state index is -0.282. The van der Waals surface area contributed by atoms with Crippen LogP contribution in [0.4, 0.5) is 4.39 Å². The van der Waals surface area contributed by atoms with Crippen molar-refractivity contribution in [2.24, 2.45) is 5.92 Å². The second-order valence-corrected chi connectivity index (χ2v) is 6.55. The number of carbonyl (C=O) groups is 1. The second kappa shape index (κ2) is 7.11. The summed E-state index contributed by atoms with van der Waals surface area (Å²) < 4.78 is 18.7. The van der Waals surface area contributed by atoms with Crippen molar-refractivity contribution in [3.63, 3.8) is 0 Å². The maximum Gasteiger partial charge on any atom is 0.253 e. The van der Waals surface area contributed by atoms with E-state index in [4.69, 9.17) is 4.74 Å². The highest BCUT2D eigenvalue weighted by Crippen LogP contribution is 2.21. The number of amides is 1. The lowest BCUT2D eigenvalue weighted by Crippen LogP contribution is -2.41. The van der Waals surface area contributed by atoms with E-state index < -0.39 is 0 Å². The van der Waals surface area contributed by atoms with Gasteiger partial charge in [-0.3, -0.25) is 4.79 Å². The minimum absolute atomic E-state index is 0.00128. The van der Waals surface area contributed by atoms with E-state index >= 15 is 0 Å². The van der Waals surface area contributed by atoms with E-state index in [-0.39, 0.29) is 17.6 Å². The zero-order valence-corrected chi connectivity index (χ0v) is 14.2. The van der Waals surface area contributed by atoms with E-state index in [0.717, 1.165) is 24.9 Å². The number of piperidine rings is 1. The third-order valence-electron chi connectivity index (χ3n) is 4.67. The Morgan fingerprint density at radius 1 is 1.19 bits per heavy atom. The van der Waals surface area contributed by atoms with Gasteiger partial charge in [0, 0.05) is 24.6 Å². The van der Waals surface area contributed by atoms with Crippen LogP contribution in [0.1, 0.15) is 23.2 Å². The maximum atomic E-state index is 12.9. The van der Waals surface area contributed by atoms with Crippen molar-refractivity contribution in [1.29, 1.82) is 0 Å². The van der Waals surface area contributed by atoms with Crippen LogP contribution in [0, 0.1) is 11.7 Å². The summed E-state index contributed by atoms with van der Waals surface area (Å²) in [6.07, 6.45) is 1.95. The van der Waals surface area contributed by atoms with Crippen LogP contribution < -0.4 is 4.74 Å². The van der Waals surface area contributed by atoms with Gasteiger partial charge in [-0.2, -0.15) is 15.4 Å². The summed E-state index contributed by atoms with van der Waals surface area (Å²) >= 11 is 0. The van der Waals surface area contributed by atoms with Crippen LogP contribution >= 0.6 is 0 Å². The third kappa shape index (κ3) is 3.51. The number of benzene rings is 2. The molecule has 1 aliphatic rings. The van der Waals surface area contributed by atoms with Crippen molar-refractivity contribution in [1.82, 2.24) is 20.3 Å². The molecule has 0 unspecified atom stereocenters. The number of likely N-dealkylation sites (tertiary alicyclic amines) is 1. The first-order chi connectivity index (χ1) is 12.7. The van der Waals surface area contributed by atoms with Crippen LogP contribution in [0.15, 0.2) is 42.5 Å². The molecule has 134 valence electrons. The molecular formula is C19H19FN4O2. The Hall–Kier alpha value is -2.96. The summed E-state index contributed by atoms with van der Waals surface area (Å²) in [6.45, 7) is 1.90. The van der Waals surface area contributed by atoms with E-state index in [1.807, 2.05) is 4.90 Å². The molecule has 1 aromatic heterocycles. The van der Waals surface area contributed by atoms with Gasteiger partial charge in [0.05, 0.1) is 6.61 Å². The predicted octanol–water partition coefficient (Wildman–Crippen LogP) is 3.03. The Kier molecular flexibility index (Phi) is 4.51. The van der Waals surface area contributed by atoms with Gasteiger partial charge in [0.1, 0.15) is 22.6 Å². The zero-order valence-electron chi connectivity index (χ0n) is 14.2. The van der Waals surface area contributed by atoms with Gasteiger partial charge in [0.25, 0.3) is 5.91 Å². The molecule has 1 saturated heterocycles. The summed E-state index contributed by atoms with van der Waals surface area (Å²) in [4.78, 5) is 14.7. The third-order valence-corrected chi connectivity index (χ3v) is 4.67. The number of hydrogen-bond donors (Lipinski definition) is 1. The molecule has 1 fully saturated rings. The van der Waals surface area contributed by atoms with Gasteiger partial charge >= 0.3 is 0 Å². The average Bonchev–Trinajstić information content (AvgIpc) is 3.15. The van der Waals surface area contributed by atoms with E-state index in [0.29, 0.717) is 30.0 Å². The molecular weight excluding hydrogens is 335 g/mol.